The quantitative estimate of drug-likeness (QED) is 0.293. The average molecular weight is 514 g/mol. The molecule has 1 aliphatic carbocycles. The predicted octanol–water partition coefficient (Wildman–Crippen LogP) is 6.55. The van der Waals surface area contributed by atoms with Crippen LogP contribution in [-0.4, -0.2) is 26.4 Å². The topological polar surface area (TPSA) is 83.7 Å². The molecule has 2 aromatic carbocycles. The molecule has 1 aliphatic rings. The van der Waals surface area contributed by atoms with E-state index < -0.39 is 11.5 Å². The highest BCUT2D eigenvalue weighted by Crippen LogP contribution is 2.37. The van der Waals surface area contributed by atoms with Crippen molar-refractivity contribution in [2.75, 3.05) is 0 Å². The molecule has 1 amide bonds. The van der Waals surface area contributed by atoms with Gasteiger partial charge >= 0.3 is 5.97 Å². The fourth-order valence-corrected chi connectivity index (χ4v) is 5.45. The van der Waals surface area contributed by atoms with Crippen molar-refractivity contribution in [2.45, 2.75) is 57.4 Å². The Hall–Kier alpha value is -4.00. The van der Waals surface area contributed by atoms with Crippen LogP contribution in [0.4, 0.5) is 4.39 Å². The molecule has 0 saturated heterocycles. The van der Waals surface area contributed by atoms with Crippen molar-refractivity contribution >= 4 is 17.5 Å². The Kier molecular flexibility index (Phi) is 7.02. The van der Waals surface area contributed by atoms with Crippen LogP contribution in [0.1, 0.15) is 73.5 Å². The molecule has 0 aliphatic heterocycles. The Morgan fingerprint density at radius 2 is 1.61 bits per heavy atom. The highest BCUT2D eigenvalue weighted by atomic mass is 19.1. The number of benzene rings is 2. The van der Waals surface area contributed by atoms with Gasteiger partial charge in [0.25, 0.3) is 5.91 Å². The Balaban J connectivity index is 1.27. The van der Waals surface area contributed by atoms with Gasteiger partial charge in [0, 0.05) is 18.8 Å². The van der Waals surface area contributed by atoms with E-state index >= 15 is 0 Å². The van der Waals surface area contributed by atoms with E-state index in [1.54, 1.807) is 18.3 Å². The van der Waals surface area contributed by atoms with Crippen LogP contribution in [0.5, 0.6) is 0 Å². The molecule has 7 heteroatoms. The van der Waals surface area contributed by atoms with Crippen molar-refractivity contribution in [3.63, 3.8) is 0 Å². The van der Waals surface area contributed by atoms with E-state index in [0.717, 1.165) is 42.4 Å². The van der Waals surface area contributed by atoms with E-state index in [0.29, 0.717) is 23.2 Å². The summed E-state index contributed by atoms with van der Waals surface area (Å²) in [6, 6.07) is 18.6. The number of hydrogen-bond donors (Lipinski definition) is 2. The van der Waals surface area contributed by atoms with Crippen LogP contribution in [-0.2, 0) is 10.3 Å². The molecule has 0 atom stereocenters. The number of hydrogen-bond acceptors (Lipinski definition) is 3. The number of carboxylic acids is 1. The minimum Gasteiger partial charge on any atom is -0.481 e. The second-order valence-electron chi connectivity index (χ2n) is 10.8. The van der Waals surface area contributed by atoms with Crippen LogP contribution >= 0.6 is 0 Å². The van der Waals surface area contributed by atoms with E-state index in [9.17, 15) is 14.0 Å². The number of aromatic nitrogens is 2. The van der Waals surface area contributed by atoms with Crippen molar-refractivity contribution in [2.24, 2.45) is 5.92 Å². The lowest BCUT2D eigenvalue weighted by molar-refractivity contribution is -0.138. The van der Waals surface area contributed by atoms with E-state index in [1.807, 2.05) is 36.6 Å². The molecule has 0 bridgehead atoms. The maximum Gasteiger partial charge on any atom is 0.303 e. The highest BCUT2D eigenvalue weighted by Gasteiger charge is 2.25. The number of rotatable bonds is 7. The Bertz CT molecular complexity index is 1450. The smallest absolute Gasteiger partial charge is 0.303 e. The summed E-state index contributed by atoms with van der Waals surface area (Å²) in [7, 11) is 0. The van der Waals surface area contributed by atoms with Crippen molar-refractivity contribution in [3.05, 3.63) is 95.7 Å². The molecule has 1 fully saturated rings. The minimum atomic E-state index is -0.700. The van der Waals surface area contributed by atoms with Crippen molar-refractivity contribution in [1.29, 1.82) is 0 Å². The number of nitrogens with one attached hydrogen (secondary N) is 1. The zero-order valence-electron chi connectivity index (χ0n) is 21.7. The van der Waals surface area contributed by atoms with Crippen LogP contribution in [0, 0.1) is 11.7 Å². The zero-order valence-corrected chi connectivity index (χ0v) is 21.7. The fourth-order valence-electron chi connectivity index (χ4n) is 5.45. The standard InChI is InChI=1S/C31H32FN3O3/c1-31(2,25-12-14-26(32)15-13-25)34-30(38)27-19-35-18-24(11-16-28(35)33-27)23-9-7-22(8-10-23)21-5-3-20(4-6-21)17-29(36)37/h7-16,18-21H,3-6,17H2,1-2H3,(H,34,38)(H,36,37). The number of imidazole rings is 1. The summed E-state index contributed by atoms with van der Waals surface area (Å²) >= 11 is 0. The largest absolute Gasteiger partial charge is 0.481 e. The summed E-state index contributed by atoms with van der Waals surface area (Å²) in [4.78, 5) is 28.5. The van der Waals surface area contributed by atoms with Gasteiger partial charge in [-0.25, -0.2) is 9.37 Å². The monoisotopic (exact) mass is 513 g/mol. The molecular formula is C31H32FN3O3. The van der Waals surface area contributed by atoms with Gasteiger partial charge in [-0.1, -0.05) is 36.4 Å². The van der Waals surface area contributed by atoms with Gasteiger partial charge in [-0.15, -0.1) is 0 Å². The molecule has 0 spiro atoms. The van der Waals surface area contributed by atoms with Gasteiger partial charge in [-0.3, -0.25) is 9.59 Å². The normalized spacial score (nSPS) is 17.9. The van der Waals surface area contributed by atoms with Gasteiger partial charge in [0.1, 0.15) is 17.2 Å². The Labute approximate surface area is 221 Å². The van der Waals surface area contributed by atoms with Crippen LogP contribution in [0.3, 0.4) is 0 Å². The number of halogens is 1. The van der Waals surface area contributed by atoms with Crippen LogP contribution in [0.25, 0.3) is 16.8 Å². The second-order valence-corrected chi connectivity index (χ2v) is 10.8. The maximum atomic E-state index is 13.3. The third-order valence-corrected chi connectivity index (χ3v) is 7.70. The third kappa shape index (κ3) is 5.62. The lowest BCUT2D eigenvalue weighted by atomic mass is 9.77. The van der Waals surface area contributed by atoms with E-state index in [-0.39, 0.29) is 18.1 Å². The SMILES string of the molecule is CC(C)(NC(=O)c1cn2cc(-c3ccc(C4CCC(CC(=O)O)CC4)cc3)ccc2n1)c1ccc(F)cc1. The van der Waals surface area contributed by atoms with Crippen LogP contribution in [0.15, 0.2) is 73.1 Å². The van der Waals surface area contributed by atoms with Crippen molar-refractivity contribution < 1.29 is 19.1 Å². The maximum absolute atomic E-state index is 13.3. The summed E-state index contributed by atoms with van der Waals surface area (Å²) in [6.07, 6.45) is 7.95. The lowest BCUT2D eigenvalue weighted by Gasteiger charge is -2.28. The molecule has 2 heterocycles. The summed E-state index contributed by atoms with van der Waals surface area (Å²) in [5.74, 6) is -0.542. The first-order chi connectivity index (χ1) is 18.2. The van der Waals surface area contributed by atoms with Gasteiger partial charge < -0.3 is 14.8 Å². The van der Waals surface area contributed by atoms with E-state index in [2.05, 4.69) is 34.6 Å². The Morgan fingerprint density at radius 3 is 2.26 bits per heavy atom. The predicted molar refractivity (Wildman–Crippen MR) is 144 cm³/mol. The molecule has 196 valence electrons. The molecule has 5 rings (SSSR count). The number of nitrogens with zero attached hydrogens (tertiary/aromatic N) is 2. The molecule has 0 radical (unpaired) electrons. The number of aliphatic carboxylic acids is 1. The van der Waals surface area contributed by atoms with Gasteiger partial charge in [0.2, 0.25) is 0 Å². The van der Waals surface area contributed by atoms with Gasteiger partial charge in [0.05, 0.1) is 5.54 Å². The molecule has 6 nitrogen and oxygen atoms in total. The van der Waals surface area contributed by atoms with E-state index in [4.69, 9.17) is 5.11 Å². The van der Waals surface area contributed by atoms with Crippen LogP contribution in [0.2, 0.25) is 0 Å². The summed E-state index contributed by atoms with van der Waals surface area (Å²) in [5.41, 5.74) is 4.49. The average Bonchev–Trinajstić information content (AvgIpc) is 3.33. The minimum absolute atomic E-state index is 0.276. The molecule has 2 N–H and O–H groups in total. The first kappa shape index (κ1) is 25.6. The number of carboxylic acid groups (broad SMARTS) is 1. The van der Waals surface area contributed by atoms with Gasteiger partial charge in [-0.2, -0.15) is 0 Å². The number of amides is 1. The Morgan fingerprint density at radius 1 is 0.947 bits per heavy atom. The number of fused-ring (bicyclic) bond motifs is 1. The second kappa shape index (κ2) is 10.4. The third-order valence-electron chi connectivity index (χ3n) is 7.70. The van der Waals surface area contributed by atoms with Crippen molar-refractivity contribution in [1.82, 2.24) is 14.7 Å². The zero-order chi connectivity index (χ0) is 26.9. The van der Waals surface area contributed by atoms with Crippen LogP contribution < -0.4 is 5.32 Å². The highest BCUT2D eigenvalue weighted by molar-refractivity contribution is 5.93. The summed E-state index contributed by atoms with van der Waals surface area (Å²) in [6.45, 7) is 3.74. The first-order valence-electron chi connectivity index (χ1n) is 13.1. The molecule has 4 aromatic rings. The summed E-state index contributed by atoms with van der Waals surface area (Å²) < 4.78 is 15.2. The molecule has 1 saturated carbocycles. The molecular weight excluding hydrogens is 481 g/mol. The lowest BCUT2D eigenvalue weighted by Crippen LogP contribution is -2.41. The van der Waals surface area contributed by atoms with E-state index in [1.165, 1.54) is 17.7 Å². The van der Waals surface area contributed by atoms with Crippen molar-refractivity contribution in [3.8, 4) is 11.1 Å². The number of pyridine rings is 1. The number of carbonyl (C=O) groups is 2. The van der Waals surface area contributed by atoms with Gasteiger partial charge in [-0.05, 0) is 97.9 Å². The summed E-state index contributed by atoms with van der Waals surface area (Å²) in [5, 5.41) is 12.0. The number of carbonyl (C=O) groups excluding carboxylic acids is 1. The van der Waals surface area contributed by atoms with Gasteiger partial charge in [0.15, 0.2) is 0 Å². The molecule has 2 aromatic heterocycles. The molecule has 38 heavy (non-hydrogen) atoms. The fraction of sp³-hybridized carbons (Fsp3) is 0.323. The molecule has 0 unspecified atom stereocenters. The first-order valence-corrected chi connectivity index (χ1v) is 13.1.